The Labute approximate surface area is 101 Å². The van der Waals surface area contributed by atoms with Gasteiger partial charge in [-0.1, -0.05) is 0 Å². The molecule has 88 valence electrons. The molecule has 3 heterocycles. The first-order chi connectivity index (χ1) is 7.86. The van der Waals surface area contributed by atoms with E-state index < -0.39 is 0 Å². The number of hydrogen-bond donors (Lipinski definition) is 0. The van der Waals surface area contributed by atoms with E-state index >= 15 is 0 Å². The molecule has 1 aromatic heterocycles. The van der Waals surface area contributed by atoms with Crippen molar-refractivity contribution < 1.29 is 4.74 Å². The van der Waals surface area contributed by atoms with Crippen LogP contribution >= 0.6 is 11.3 Å². The summed E-state index contributed by atoms with van der Waals surface area (Å²) in [5.74, 6) is 0. The maximum Gasteiger partial charge on any atom is 0.0601 e. The first-order valence-electron chi connectivity index (χ1n) is 6.16. The van der Waals surface area contributed by atoms with Crippen LogP contribution in [0.5, 0.6) is 0 Å². The third-order valence-corrected chi connectivity index (χ3v) is 4.85. The maximum atomic E-state index is 5.53. The van der Waals surface area contributed by atoms with Crippen molar-refractivity contribution >= 4 is 11.3 Å². The molecule has 3 atom stereocenters. The molecule has 0 aliphatic carbocycles. The summed E-state index contributed by atoms with van der Waals surface area (Å²) in [6, 6.07) is 3.79. The monoisotopic (exact) mass is 237 g/mol. The van der Waals surface area contributed by atoms with Gasteiger partial charge in [0.25, 0.3) is 0 Å². The van der Waals surface area contributed by atoms with E-state index in [9.17, 15) is 0 Å². The Morgan fingerprint density at radius 3 is 2.69 bits per heavy atom. The SMILES string of the molecule is COC1C[C@H]2CC[C@@H](C1)N2Cc1ccsc1. The fraction of sp³-hybridized carbons (Fsp3) is 0.692. The fourth-order valence-electron chi connectivity index (χ4n) is 3.27. The summed E-state index contributed by atoms with van der Waals surface area (Å²) in [7, 11) is 1.86. The van der Waals surface area contributed by atoms with Gasteiger partial charge in [-0.2, -0.15) is 11.3 Å². The number of methoxy groups -OCH3 is 1. The number of nitrogens with zero attached hydrogens (tertiary/aromatic N) is 1. The highest BCUT2D eigenvalue weighted by Crippen LogP contribution is 2.37. The van der Waals surface area contributed by atoms with Gasteiger partial charge in [0.15, 0.2) is 0 Å². The van der Waals surface area contributed by atoms with Gasteiger partial charge in [0, 0.05) is 25.7 Å². The Kier molecular flexibility index (Phi) is 3.01. The minimum atomic E-state index is 0.510. The van der Waals surface area contributed by atoms with Crippen LogP contribution in [0.25, 0.3) is 0 Å². The van der Waals surface area contributed by atoms with Crippen molar-refractivity contribution in [2.24, 2.45) is 0 Å². The highest BCUT2D eigenvalue weighted by Gasteiger charge is 2.40. The lowest BCUT2D eigenvalue weighted by Gasteiger charge is -2.38. The van der Waals surface area contributed by atoms with Crippen LogP contribution in [-0.2, 0) is 11.3 Å². The number of ether oxygens (including phenoxy) is 1. The molecule has 2 aliphatic rings. The Morgan fingerprint density at radius 1 is 1.38 bits per heavy atom. The summed E-state index contributed by atoms with van der Waals surface area (Å²) in [5, 5.41) is 4.46. The zero-order chi connectivity index (χ0) is 11.0. The van der Waals surface area contributed by atoms with E-state index in [1.54, 1.807) is 11.3 Å². The minimum Gasteiger partial charge on any atom is -0.381 e. The molecule has 2 bridgehead atoms. The second kappa shape index (κ2) is 4.47. The lowest BCUT2D eigenvalue weighted by Crippen LogP contribution is -2.44. The zero-order valence-corrected chi connectivity index (χ0v) is 10.6. The van der Waals surface area contributed by atoms with Crippen LogP contribution < -0.4 is 0 Å². The first kappa shape index (κ1) is 10.8. The van der Waals surface area contributed by atoms with Crippen LogP contribution in [0, 0.1) is 0 Å². The quantitative estimate of drug-likeness (QED) is 0.801. The van der Waals surface area contributed by atoms with Crippen molar-refractivity contribution in [2.75, 3.05) is 7.11 Å². The predicted molar refractivity (Wildman–Crippen MR) is 66.7 cm³/mol. The molecule has 3 rings (SSSR count). The van der Waals surface area contributed by atoms with E-state index in [1.807, 2.05) is 7.11 Å². The highest BCUT2D eigenvalue weighted by molar-refractivity contribution is 7.07. The fourth-order valence-corrected chi connectivity index (χ4v) is 3.93. The van der Waals surface area contributed by atoms with Gasteiger partial charge in [-0.25, -0.2) is 0 Å². The third kappa shape index (κ3) is 1.92. The van der Waals surface area contributed by atoms with Crippen molar-refractivity contribution in [3.63, 3.8) is 0 Å². The summed E-state index contributed by atoms with van der Waals surface area (Å²) in [6.07, 6.45) is 5.72. The Bertz CT molecular complexity index is 324. The molecule has 2 fully saturated rings. The summed E-state index contributed by atoms with van der Waals surface area (Å²) in [6.45, 7) is 1.15. The van der Waals surface area contributed by atoms with Gasteiger partial charge in [0.05, 0.1) is 6.10 Å². The predicted octanol–water partition coefficient (Wildman–Crippen LogP) is 2.89. The van der Waals surface area contributed by atoms with Crippen LogP contribution in [0.4, 0.5) is 0 Å². The maximum absolute atomic E-state index is 5.53. The lowest BCUT2D eigenvalue weighted by atomic mass is 9.99. The number of rotatable bonds is 3. The molecule has 0 N–H and O–H groups in total. The van der Waals surface area contributed by atoms with Crippen LogP contribution in [0.15, 0.2) is 16.8 Å². The minimum absolute atomic E-state index is 0.510. The van der Waals surface area contributed by atoms with Crippen molar-refractivity contribution in [3.05, 3.63) is 22.4 Å². The van der Waals surface area contributed by atoms with Crippen molar-refractivity contribution in [2.45, 2.75) is 50.4 Å². The second-order valence-electron chi connectivity index (χ2n) is 5.02. The van der Waals surface area contributed by atoms with Gasteiger partial charge < -0.3 is 4.74 Å². The molecule has 0 amide bonds. The zero-order valence-electron chi connectivity index (χ0n) is 9.76. The van der Waals surface area contributed by atoms with Crippen LogP contribution in [-0.4, -0.2) is 30.2 Å². The number of piperidine rings is 1. The van der Waals surface area contributed by atoms with Gasteiger partial charge in [-0.3, -0.25) is 4.90 Å². The summed E-state index contributed by atoms with van der Waals surface area (Å²) in [5.41, 5.74) is 1.48. The number of fused-ring (bicyclic) bond motifs is 2. The molecule has 2 saturated heterocycles. The van der Waals surface area contributed by atoms with Crippen molar-refractivity contribution in [1.82, 2.24) is 4.90 Å². The molecule has 0 saturated carbocycles. The van der Waals surface area contributed by atoms with Gasteiger partial charge in [-0.15, -0.1) is 0 Å². The van der Waals surface area contributed by atoms with E-state index in [2.05, 4.69) is 21.7 Å². The second-order valence-corrected chi connectivity index (χ2v) is 5.80. The van der Waals surface area contributed by atoms with E-state index in [-0.39, 0.29) is 0 Å². The smallest absolute Gasteiger partial charge is 0.0601 e. The number of hydrogen-bond acceptors (Lipinski definition) is 3. The van der Waals surface area contributed by atoms with E-state index in [0.717, 1.165) is 18.6 Å². The van der Waals surface area contributed by atoms with Gasteiger partial charge >= 0.3 is 0 Å². The van der Waals surface area contributed by atoms with Crippen LogP contribution in [0.2, 0.25) is 0 Å². The van der Waals surface area contributed by atoms with Crippen LogP contribution in [0.1, 0.15) is 31.2 Å². The average Bonchev–Trinajstić information content (AvgIpc) is 2.87. The Hall–Kier alpha value is -0.380. The van der Waals surface area contributed by atoms with Crippen molar-refractivity contribution in [1.29, 1.82) is 0 Å². The summed E-state index contributed by atoms with van der Waals surface area (Å²) < 4.78 is 5.53. The van der Waals surface area contributed by atoms with E-state index in [4.69, 9.17) is 4.74 Å². The standard InChI is InChI=1S/C13H19NOS/c1-15-13-6-11-2-3-12(7-13)14(11)8-10-4-5-16-9-10/h4-5,9,11-13H,2-3,6-8H2,1H3/t11-,12+,13?. The van der Waals surface area contributed by atoms with Gasteiger partial charge in [0.2, 0.25) is 0 Å². The molecule has 2 nitrogen and oxygen atoms in total. The molecule has 1 aromatic rings. The average molecular weight is 237 g/mol. The van der Waals surface area contributed by atoms with Gasteiger partial charge in [-0.05, 0) is 48.1 Å². The molecule has 1 unspecified atom stereocenters. The largest absolute Gasteiger partial charge is 0.381 e. The first-order valence-corrected chi connectivity index (χ1v) is 7.10. The summed E-state index contributed by atoms with van der Waals surface area (Å²) >= 11 is 1.80. The molecule has 0 aromatic carbocycles. The van der Waals surface area contributed by atoms with E-state index in [1.165, 1.54) is 31.2 Å². The Morgan fingerprint density at radius 2 is 2.12 bits per heavy atom. The van der Waals surface area contributed by atoms with Crippen LogP contribution in [0.3, 0.4) is 0 Å². The molecule has 16 heavy (non-hydrogen) atoms. The molecule has 2 aliphatic heterocycles. The topological polar surface area (TPSA) is 12.5 Å². The lowest BCUT2D eigenvalue weighted by molar-refractivity contribution is 0.00256. The third-order valence-electron chi connectivity index (χ3n) is 4.12. The van der Waals surface area contributed by atoms with Gasteiger partial charge in [0.1, 0.15) is 0 Å². The molecular formula is C13H19NOS. The number of thiophene rings is 1. The Balaban J connectivity index is 1.69. The molecule has 0 radical (unpaired) electrons. The van der Waals surface area contributed by atoms with E-state index in [0.29, 0.717) is 6.10 Å². The molecular weight excluding hydrogens is 218 g/mol. The normalized spacial score (nSPS) is 34.4. The highest BCUT2D eigenvalue weighted by atomic mass is 32.1. The van der Waals surface area contributed by atoms with Crippen molar-refractivity contribution in [3.8, 4) is 0 Å². The molecule has 0 spiro atoms. The molecule has 3 heteroatoms. The summed E-state index contributed by atoms with van der Waals surface area (Å²) in [4.78, 5) is 2.71.